The predicted molar refractivity (Wildman–Crippen MR) is 108 cm³/mol. The van der Waals surface area contributed by atoms with Gasteiger partial charge in [-0.3, -0.25) is 19.6 Å². The Morgan fingerprint density at radius 1 is 1.03 bits per heavy atom. The number of nitrogens with one attached hydrogen (secondary N) is 2. The molecule has 0 aliphatic heterocycles. The third-order valence-electron chi connectivity index (χ3n) is 4.27. The number of amides is 2. The van der Waals surface area contributed by atoms with Gasteiger partial charge in [-0.15, -0.1) is 0 Å². The molecular weight excluding hydrogens is 368 g/mol. The van der Waals surface area contributed by atoms with Crippen LogP contribution in [-0.2, 0) is 17.9 Å². The van der Waals surface area contributed by atoms with E-state index in [9.17, 15) is 9.59 Å². The van der Waals surface area contributed by atoms with Gasteiger partial charge in [0.05, 0.1) is 23.5 Å². The molecule has 29 heavy (non-hydrogen) atoms. The topological polar surface area (TPSA) is 110 Å². The Bertz CT molecular complexity index is 1010. The molecule has 8 nitrogen and oxygen atoms in total. The quantitative estimate of drug-likeness (QED) is 0.640. The van der Waals surface area contributed by atoms with Crippen LogP contribution in [0.3, 0.4) is 0 Å². The van der Waals surface area contributed by atoms with E-state index in [0.29, 0.717) is 35.7 Å². The summed E-state index contributed by atoms with van der Waals surface area (Å²) < 4.78 is 0. The highest BCUT2D eigenvalue weighted by atomic mass is 16.2. The van der Waals surface area contributed by atoms with E-state index < -0.39 is 0 Å². The summed E-state index contributed by atoms with van der Waals surface area (Å²) in [7, 11) is 0. The van der Waals surface area contributed by atoms with Gasteiger partial charge in [-0.05, 0) is 36.8 Å². The van der Waals surface area contributed by atoms with Crippen LogP contribution in [-0.4, -0.2) is 31.8 Å². The second-order valence-corrected chi connectivity index (χ2v) is 6.40. The lowest BCUT2D eigenvalue weighted by atomic mass is 10.2. The van der Waals surface area contributed by atoms with Gasteiger partial charge in [-0.25, -0.2) is 9.97 Å². The molecule has 0 spiro atoms. The molecule has 0 aliphatic carbocycles. The Kier molecular flexibility index (Phi) is 6.57. The molecule has 3 aromatic heterocycles. The van der Waals surface area contributed by atoms with Crippen molar-refractivity contribution in [2.45, 2.75) is 33.4 Å². The van der Waals surface area contributed by atoms with Gasteiger partial charge >= 0.3 is 0 Å². The number of aryl methyl sites for hydroxylation is 1. The molecule has 3 aromatic rings. The predicted octanol–water partition coefficient (Wildman–Crippen LogP) is 2.20. The van der Waals surface area contributed by atoms with E-state index in [0.717, 1.165) is 11.1 Å². The minimum atomic E-state index is -0.272. The number of aromatic nitrogens is 4. The van der Waals surface area contributed by atoms with Gasteiger partial charge < -0.3 is 10.6 Å². The second kappa shape index (κ2) is 9.50. The van der Waals surface area contributed by atoms with Crippen molar-refractivity contribution in [1.29, 1.82) is 0 Å². The summed E-state index contributed by atoms with van der Waals surface area (Å²) in [5.74, 6) is 0.240. The molecule has 8 heteroatoms. The minimum Gasteiger partial charge on any atom is -0.352 e. The maximum atomic E-state index is 12.5. The van der Waals surface area contributed by atoms with Gasteiger partial charge in [0.1, 0.15) is 0 Å². The zero-order valence-electron chi connectivity index (χ0n) is 16.3. The minimum absolute atomic E-state index is 0.0122. The molecular formula is C21H22N6O2. The van der Waals surface area contributed by atoms with Crippen LogP contribution in [0.5, 0.6) is 0 Å². The summed E-state index contributed by atoms with van der Waals surface area (Å²) in [6, 6.07) is 7.36. The normalized spacial score (nSPS) is 10.4. The molecule has 0 saturated carbocycles. The number of hydrogen-bond donors (Lipinski definition) is 2. The Hall–Kier alpha value is -3.68. The summed E-state index contributed by atoms with van der Waals surface area (Å²) in [6.45, 7) is 4.26. The summed E-state index contributed by atoms with van der Waals surface area (Å²) in [4.78, 5) is 40.9. The third-order valence-corrected chi connectivity index (χ3v) is 4.27. The Labute approximate surface area is 168 Å². The molecule has 0 atom stereocenters. The Morgan fingerprint density at radius 2 is 1.90 bits per heavy atom. The lowest BCUT2D eigenvalue weighted by Crippen LogP contribution is -2.25. The Morgan fingerprint density at radius 3 is 2.62 bits per heavy atom. The van der Waals surface area contributed by atoms with Crippen LogP contribution in [0.2, 0.25) is 0 Å². The van der Waals surface area contributed by atoms with E-state index in [1.165, 1.54) is 6.20 Å². The standard InChI is InChI=1S/C21H22N6O2/c1-3-19(28)24-10-15-6-8-23-17(9-15)12-26-21(29)18-13-25-20(27-14(18)2)16-5-4-7-22-11-16/h4-9,11,13H,3,10,12H2,1-2H3,(H,24,28)(H,26,29). The van der Waals surface area contributed by atoms with Crippen LogP contribution in [0.1, 0.15) is 40.7 Å². The van der Waals surface area contributed by atoms with Crippen LogP contribution in [0.4, 0.5) is 0 Å². The van der Waals surface area contributed by atoms with Crippen molar-refractivity contribution in [2.75, 3.05) is 0 Å². The molecule has 0 saturated heterocycles. The fourth-order valence-electron chi connectivity index (χ4n) is 2.65. The molecule has 0 fully saturated rings. The van der Waals surface area contributed by atoms with E-state index in [2.05, 4.69) is 30.6 Å². The van der Waals surface area contributed by atoms with Crippen molar-refractivity contribution in [3.8, 4) is 11.4 Å². The maximum absolute atomic E-state index is 12.5. The van der Waals surface area contributed by atoms with E-state index in [1.54, 1.807) is 32.4 Å². The molecule has 2 amide bonds. The SMILES string of the molecule is CCC(=O)NCc1ccnc(CNC(=O)c2cnc(-c3cccnc3)nc2C)c1. The van der Waals surface area contributed by atoms with Gasteiger partial charge in [0, 0.05) is 43.3 Å². The molecule has 0 bridgehead atoms. The van der Waals surface area contributed by atoms with Gasteiger partial charge in [0.25, 0.3) is 5.91 Å². The number of pyridine rings is 2. The van der Waals surface area contributed by atoms with Crippen molar-refractivity contribution in [3.05, 3.63) is 71.6 Å². The monoisotopic (exact) mass is 390 g/mol. The van der Waals surface area contributed by atoms with Crippen LogP contribution < -0.4 is 10.6 Å². The van der Waals surface area contributed by atoms with Crippen molar-refractivity contribution < 1.29 is 9.59 Å². The average Bonchev–Trinajstić information content (AvgIpc) is 2.76. The first-order valence-corrected chi connectivity index (χ1v) is 9.29. The molecule has 0 unspecified atom stereocenters. The smallest absolute Gasteiger partial charge is 0.255 e. The first kappa shape index (κ1) is 20.1. The number of carbonyl (C=O) groups excluding carboxylic acids is 2. The average molecular weight is 390 g/mol. The molecule has 0 aliphatic rings. The molecule has 2 N–H and O–H groups in total. The van der Waals surface area contributed by atoms with E-state index in [1.807, 2.05) is 24.3 Å². The molecule has 148 valence electrons. The zero-order chi connectivity index (χ0) is 20.6. The fourth-order valence-corrected chi connectivity index (χ4v) is 2.65. The van der Waals surface area contributed by atoms with Gasteiger partial charge in [-0.2, -0.15) is 0 Å². The number of nitrogens with zero attached hydrogens (tertiary/aromatic N) is 4. The molecule has 3 rings (SSSR count). The van der Waals surface area contributed by atoms with Crippen molar-refractivity contribution in [2.24, 2.45) is 0 Å². The summed E-state index contributed by atoms with van der Waals surface area (Å²) in [5, 5.41) is 5.66. The lowest BCUT2D eigenvalue weighted by molar-refractivity contribution is -0.120. The largest absolute Gasteiger partial charge is 0.352 e. The van der Waals surface area contributed by atoms with Crippen LogP contribution in [0.25, 0.3) is 11.4 Å². The first-order valence-electron chi connectivity index (χ1n) is 9.29. The third kappa shape index (κ3) is 5.41. The van der Waals surface area contributed by atoms with Crippen LogP contribution in [0, 0.1) is 6.92 Å². The molecule has 0 aromatic carbocycles. The fraction of sp³-hybridized carbons (Fsp3) is 0.238. The van der Waals surface area contributed by atoms with E-state index in [4.69, 9.17) is 0 Å². The number of hydrogen-bond acceptors (Lipinski definition) is 6. The van der Waals surface area contributed by atoms with E-state index >= 15 is 0 Å². The van der Waals surface area contributed by atoms with Crippen molar-refractivity contribution in [3.63, 3.8) is 0 Å². The van der Waals surface area contributed by atoms with Gasteiger partial charge in [0.2, 0.25) is 5.91 Å². The van der Waals surface area contributed by atoms with Gasteiger partial charge in [0.15, 0.2) is 5.82 Å². The van der Waals surface area contributed by atoms with Gasteiger partial charge in [-0.1, -0.05) is 6.92 Å². The molecule has 3 heterocycles. The highest BCUT2D eigenvalue weighted by Gasteiger charge is 2.13. The number of carbonyl (C=O) groups is 2. The molecule has 0 radical (unpaired) electrons. The van der Waals surface area contributed by atoms with Crippen LogP contribution >= 0.6 is 0 Å². The van der Waals surface area contributed by atoms with Crippen LogP contribution in [0.15, 0.2) is 49.1 Å². The maximum Gasteiger partial charge on any atom is 0.255 e. The summed E-state index contributed by atoms with van der Waals surface area (Å²) in [5.41, 5.74) is 3.40. The Balaban J connectivity index is 1.63. The lowest BCUT2D eigenvalue weighted by Gasteiger charge is -2.09. The highest BCUT2D eigenvalue weighted by Crippen LogP contribution is 2.14. The van der Waals surface area contributed by atoms with Crippen molar-refractivity contribution >= 4 is 11.8 Å². The first-order chi connectivity index (χ1) is 14.1. The zero-order valence-corrected chi connectivity index (χ0v) is 16.3. The number of rotatable bonds is 7. The van der Waals surface area contributed by atoms with E-state index in [-0.39, 0.29) is 18.4 Å². The summed E-state index contributed by atoms with van der Waals surface area (Å²) >= 11 is 0. The summed E-state index contributed by atoms with van der Waals surface area (Å²) in [6.07, 6.45) is 6.97. The highest BCUT2D eigenvalue weighted by molar-refractivity contribution is 5.95. The van der Waals surface area contributed by atoms with Crippen molar-refractivity contribution in [1.82, 2.24) is 30.6 Å². The second-order valence-electron chi connectivity index (χ2n) is 6.40.